The second-order valence-electron chi connectivity index (χ2n) is 4.76. The highest BCUT2D eigenvalue weighted by atomic mass is 79.9. The number of hydrogen-bond donors (Lipinski definition) is 1. The van der Waals surface area contributed by atoms with Crippen LogP contribution in [0, 0.1) is 0 Å². The topological polar surface area (TPSA) is 55.4 Å². The van der Waals surface area contributed by atoms with Crippen LogP contribution in [-0.4, -0.2) is 18.5 Å². The number of nitrogens with one attached hydrogen (secondary N) is 1. The van der Waals surface area contributed by atoms with Crippen molar-refractivity contribution in [2.45, 2.75) is 13.3 Å². The normalized spacial score (nSPS) is 10.2. The molecule has 0 aliphatic carbocycles. The minimum absolute atomic E-state index is 0.211. The number of halogens is 2. The molecule has 6 heteroatoms. The summed E-state index contributed by atoms with van der Waals surface area (Å²) in [5.41, 5.74) is 1.95. The van der Waals surface area contributed by atoms with Crippen molar-refractivity contribution >= 4 is 45.1 Å². The van der Waals surface area contributed by atoms with Crippen LogP contribution in [-0.2, 0) is 16.0 Å². The van der Waals surface area contributed by atoms with Gasteiger partial charge in [0.15, 0.2) is 6.61 Å². The van der Waals surface area contributed by atoms with Gasteiger partial charge in [0, 0.05) is 10.2 Å². The van der Waals surface area contributed by atoms with Crippen molar-refractivity contribution in [3.63, 3.8) is 0 Å². The number of benzene rings is 2. The van der Waals surface area contributed by atoms with E-state index in [-0.39, 0.29) is 17.2 Å². The first kappa shape index (κ1) is 17.5. The third-order valence-electron chi connectivity index (χ3n) is 3.16. The maximum Gasteiger partial charge on any atom is 0.340 e. The lowest BCUT2D eigenvalue weighted by molar-refractivity contribution is -0.119. The third kappa shape index (κ3) is 4.81. The Morgan fingerprint density at radius 2 is 1.96 bits per heavy atom. The fraction of sp³-hybridized carbons (Fsp3) is 0.176. The van der Waals surface area contributed by atoms with Crippen LogP contribution in [0.25, 0.3) is 0 Å². The Hall–Kier alpha value is -1.85. The van der Waals surface area contributed by atoms with E-state index in [2.05, 4.69) is 21.2 Å². The first-order valence-electron chi connectivity index (χ1n) is 7.01. The number of anilines is 1. The van der Waals surface area contributed by atoms with Crippen LogP contribution >= 0.6 is 27.5 Å². The molecule has 0 saturated heterocycles. The standard InChI is InChI=1S/C17H15BrClNO3/c1-2-11-5-3-4-6-15(11)20-16(21)10-23-17(22)13-9-12(18)7-8-14(13)19/h3-9H,2,10H2,1H3,(H,20,21). The molecule has 0 saturated carbocycles. The van der Waals surface area contributed by atoms with Crippen LogP contribution < -0.4 is 5.32 Å². The van der Waals surface area contributed by atoms with E-state index in [1.165, 1.54) is 0 Å². The molecule has 120 valence electrons. The van der Waals surface area contributed by atoms with Crippen LogP contribution in [0.3, 0.4) is 0 Å². The number of ether oxygens (including phenoxy) is 1. The van der Waals surface area contributed by atoms with Gasteiger partial charge in [0.25, 0.3) is 5.91 Å². The van der Waals surface area contributed by atoms with Crippen molar-refractivity contribution in [3.05, 3.63) is 63.1 Å². The smallest absolute Gasteiger partial charge is 0.340 e. The molecule has 0 spiro atoms. The highest BCUT2D eigenvalue weighted by molar-refractivity contribution is 9.10. The molecule has 0 fully saturated rings. The van der Waals surface area contributed by atoms with E-state index in [1.807, 2.05) is 31.2 Å². The molecular weight excluding hydrogens is 382 g/mol. The zero-order valence-corrected chi connectivity index (χ0v) is 14.8. The number of carbonyl (C=O) groups is 2. The lowest BCUT2D eigenvalue weighted by Crippen LogP contribution is -2.21. The fourth-order valence-electron chi connectivity index (χ4n) is 2.00. The van der Waals surface area contributed by atoms with Crippen LogP contribution in [0.5, 0.6) is 0 Å². The monoisotopic (exact) mass is 395 g/mol. The summed E-state index contributed by atoms with van der Waals surface area (Å²) < 4.78 is 5.72. The van der Waals surface area contributed by atoms with E-state index in [0.717, 1.165) is 17.7 Å². The van der Waals surface area contributed by atoms with Gasteiger partial charge in [-0.2, -0.15) is 0 Å². The van der Waals surface area contributed by atoms with E-state index in [9.17, 15) is 9.59 Å². The molecule has 0 aromatic heterocycles. The molecule has 0 heterocycles. The first-order chi connectivity index (χ1) is 11.0. The van der Waals surface area contributed by atoms with E-state index < -0.39 is 11.9 Å². The van der Waals surface area contributed by atoms with Gasteiger partial charge < -0.3 is 10.1 Å². The Morgan fingerprint density at radius 3 is 2.70 bits per heavy atom. The highest BCUT2D eigenvalue weighted by Crippen LogP contribution is 2.22. The van der Waals surface area contributed by atoms with Crippen LogP contribution in [0.15, 0.2) is 46.9 Å². The summed E-state index contributed by atoms with van der Waals surface area (Å²) in [6.07, 6.45) is 0.796. The van der Waals surface area contributed by atoms with Gasteiger partial charge in [-0.05, 0) is 36.2 Å². The molecule has 23 heavy (non-hydrogen) atoms. The number of carbonyl (C=O) groups excluding carboxylic acids is 2. The molecule has 0 aliphatic rings. The third-order valence-corrected chi connectivity index (χ3v) is 3.98. The molecule has 1 amide bonds. The van der Waals surface area contributed by atoms with Gasteiger partial charge in [-0.1, -0.05) is 52.7 Å². The lowest BCUT2D eigenvalue weighted by Gasteiger charge is -2.10. The number of esters is 1. The van der Waals surface area contributed by atoms with Crippen LogP contribution in [0.2, 0.25) is 5.02 Å². The van der Waals surface area contributed by atoms with Gasteiger partial charge in [-0.15, -0.1) is 0 Å². The van der Waals surface area contributed by atoms with Gasteiger partial charge in [-0.3, -0.25) is 4.79 Å². The maximum absolute atomic E-state index is 12.0. The van der Waals surface area contributed by atoms with Gasteiger partial charge in [0.2, 0.25) is 0 Å². The van der Waals surface area contributed by atoms with E-state index in [4.69, 9.17) is 16.3 Å². The minimum Gasteiger partial charge on any atom is -0.452 e. The number of hydrogen-bond acceptors (Lipinski definition) is 3. The van der Waals surface area contributed by atoms with Gasteiger partial charge in [0.05, 0.1) is 10.6 Å². The second kappa shape index (κ2) is 8.13. The molecule has 2 aromatic carbocycles. The summed E-state index contributed by atoms with van der Waals surface area (Å²) in [7, 11) is 0. The van der Waals surface area contributed by atoms with Crippen molar-refractivity contribution in [2.75, 3.05) is 11.9 Å². The average Bonchev–Trinajstić information content (AvgIpc) is 2.55. The van der Waals surface area contributed by atoms with Crippen molar-refractivity contribution in [1.29, 1.82) is 0 Å². The molecule has 2 rings (SSSR count). The number of amides is 1. The molecule has 0 atom stereocenters. The summed E-state index contributed by atoms with van der Waals surface area (Å²) in [6.45, 7) is 1.63. The molecule has 2 aromatic rings. The molecular formula is C17H15BrClNO3. The van der Waals surface area contributed by atoms with E-state index >= 15 is 0 Å². The Labute approximate surface area is 147 Å². The van der Waals surface area contributed by atoms with Crippen molar-refractivity contribution < 1.29 is 14.3 Å². The summed E-state index contributed by atoms with van der Waals surface area (Å²) in [6, 6.07) is 12.3. The summed E-state index contributed by atoms with van der Waals surface area (Å²) in [5, 5.41) is 3.01. The highest BCUT2D eigenvalue weighted by Gasteiger charge is 2.14. The quantitative estimate of drug-likeness (QED) is 0.759. The summed E-state index contributed by atoms with van der Waals surface area (Å²) >= 11 is 9.21. The molecule has 0 unspecified atom stereocenters. The number of para-hydroxylation sites is 1. The Kier molecular flexibility index (Phi) is 6.19. The molecule has 4 nitrogen and oxygen atoms in total. The zero-order chi connectivity index (χ0) is 16.8. The van der Waals surface area contributed by atoms with Crippen molar-refractivity contribution in [1.82, 2.24) is 0 Å². The maximum atomic E-state index is 12.0. The van der Waals surface area contributed by atoms with Crippen LogP contribution in [0.4, 0.5) is 5.69 Å². The minimum atomic E-state index is -0.643. The second-order valence-corrected chi connectivity index (χ2v) is 6.08. The Morgan fingerprint density at radius 1 is 1.22 bits per heavy atom. The largest absolute Gasteiger partial charge is 0.452 e. The van der Waals surface area contributed by atoms with Gasteiger partial charge >= 0.3 is 5.97 Å². The Balaban J connectivity index is 1.96. The number of aryl methyl sites for hydroxylation is 1. The summed E-state index contributed by atoms with van der Waals surface area (Å²) in [5.74, 6) is -1.04. The SMILES string of the molecule is CCc1ccccc1NC(=O)COC(=O)c1cc(Br)ccc1Cl. The Bertz CT molecular complexity index is 734. The van der Waals surface area contributed by atoms with Crippen molar-refractivity contribution in [3.8, 4) is 0 Å². The lowest BCUT2D eigenvalue weighted by atomic mass is 10.1. The van der Waals surface area contributed by atoms with Crippen LogP contribution in [0.1, 0.15) is 22.8 Å². The molecule has 0 radical (unpaired) electrons. The molecule has 0 bridgehead atoms. The van der Waals surface area contributed by atoms with E-state index in [0.29, 0.717) is 4.47 Å². The first-order valence-corrected chi connectivity index (χ1v) is 8.18. The predicted molar refractivity (Wildman–Crippen MR) is 93.9 cm³/mol. The average molecular weight is 397 g/mol. The fourth-order valence-corrected chi connectivity index (χ4v) is 2.56. The van der Waals surface area contributed by atoms with Crippen molar-refractivity contribution in [2.24, 2.45) is 0 Å². The zero-order valence-electron chi connectivity index (χ0n) is 12.4. The number of rotatable bonds is 5. The summed E-state index contributed by atoms with van der Waals surface area (Å²) in [4.78, 5) is 23.9. The molecule has 1 N–H and O–H groups in total. The van der Waals surface area contributed by atoms with Gasteiger partial charge in [0.1, 0.15) is 0 Å². The predicted octanol–water partition coefficient (Wildman–Crippen LogP) is 4.46. The molecule has 0 aliphatic heterocycles. The van der Waals surface area contributed by atoms with Gasteiger partial charge in [-0.25, -0.2) is 4.79 Å². The van der Waals surface area contributed by atoms with E-state index in [1.54, 1.807) is 18.2 Å².